The van der Waals surface area contributed by atoms with Gasteiger partial charge in [0.25, 0.3) is 0 Å². The van der Waals surface area contributed by atoms with Gasteiger partial charge in [0.05, 0.1) is 12.6 Å². The maximum atomic E-state index is 5.29. The van der Waals surface area contributed by atoms with E-state index in [1.807, 2.05) is 19.0 Å². The van der Waals surface area contributed by atoms with Gasteiger partial charge in [-0.2, -0.15) is 15.0 Å². The third-order valence-corrected chi connectivity index (χ3v) is 3.41. The molecule has 20 heavy (non-hydrogen) atoms. The summed E-state index contributed by atoms with van der Waals surface area (Å²) in [6, 6.07) is 0.289. The van der Waals surface area contributed by atoms with Gasteiger partial charge in [-0.25, -0.2) is 0 Å². The van der Waals surface area contributed by atoms with Gasteiger partial charge in [-0.15, -0.1) is 0 Å². The number of hydrogen-bond acceptors (Lipinski definition) is 6. The van der Waals surface area contributed by atoms with E-state index in [0.29, 0.717) is 24.4 Å². The molecule has 1 saturated carbocycles. The van der Waals surface area contributed by atoms with Crippen LogP contribution in [-0.2, 0) is 4.74 Å². The molecule has 1 aromatic rings. The van der Waals surface area contributed by atoms with Crippen molar-refractivity contribution in [3.63, 3.8) is 0 Å². The molecule has 0 saturated heterocycles. The minimum Gasteiger partial charge on any atom is -0.383 e. The molecule has 1 unspecified atom stereocenters. The minimum atomic E-state index is 0.277. The van der Waals surface area contributed by atoms with Crippen molar-refractivity contribution in [2.45, 2.75) is 38.6 Å². The second-order valence-electron chi connectivity index (χ2n) is 5.91. The van der Waals surface area contributed by atoms with Crippen LogP contribution in [0.1, 0.15) is 38.4 Å². The van der Waals surface area contributed by atoms with Gasteiger partial charge in [-0.3, -0.25) is 0 Å². The highest BCUT2D eigenvalue weighted by molar-refractivity contribution is 5.37. The minimum absolute atomic E-state index is 0.277. The van der Waals surface area contributed by atoms with E-state index in [0.717, 1.165) is 5.82 Å². The molecule has 0 amide bonds. The third kappa shape index (κ3) is 3.79. The van der Waals surface area contributed by atoms with Crippen LogP contribution in [0.5, 0.6) is 0 Å². The highest BCUT2D eigenvalue weighted by atomic mass is 16.5. The first-order valence-corrected chi connectivity index (χ1v) is 7.20. The molecule has 0 aliphatic heterocycles. The summed E-state index contributed by atoms with van der Waals surface area (Å²) >= 11 is 0. The second kappa shape index (κ2) is 6.35. The van der Waals surface area contributed by atoms with Crippen LogP contribution in [-0.4, -0.2) is 48.8 Å². The molecule has 112 valence electrons. The fraction of sp³-hybridized carbons (Fsp3) is 0.786. The maximum absolute atomic E-state index is 5.29. The van der Waals surface area contributed by atoms with Gasteiger partial charge in [0.1, 0.15) is 5.82 Å². The molecule has 6 heteroatoms. The molecule has 0 aromatic carbocycles. The van der Waals surface area contributed by atoms with Crippen LogP contribution in [0.4, 0.5) is 11.9 Å². The number of anilines is 2. The monoisotopic (exact) mass is 279 g/mol. The topological polar surface area (TPSA) is 63.2 Å². The van der Waals surface area contributed by atoms with E-state index < -0.39 is 0 Å². The first-order valence-electron chi connectivity index (χ1n) is 7.20. The van der Waals surface area contributed by atoms with Crippen molar-refractivity contribution < 1.29 is 4.74 Å². The van der Waals surface area contributed by atoms with Gasteiger partial charge in [0, 0.05) is 27.1 Å². The molecule has 1 aliphatic carbocycles. The van der Waals surface area contributed by atoms with Crippen molar-refractivity contribution in [2.24, 2.45) is 5.92 Å². The molecule has 1 atom stereocenters. The molecular weight excluding hydrogens is 254 g/mol. The number of aromatic nitrogens is 3. The lowest BCUT2D eigenvalue weighted by Crippen LogP contribution is -2.29. The van der Waals surface area contributed by atoms with Crippen LogP contribution in [0.3, 0.4) is 0 Å². The van der Waals surface area contributed by atoms with E-state index in [2.05, 4.69) is 34.1 Å². The van der Waals surface area contributed by atoms with Gasteiger partial charge in [0.15, 0.2) is 0 Å². The molecule has 0 bridgehead atoms. The van der Waals surface area contributed by atoms with E-state index in [1.54, 1.807) is 7.11 Å². The number of methoxy groups -OCH3 is 1. The Labute approximate surface area is 121 Å². The summed E-state index contributed by atoms with van der Waals surface area (Å²) < 4.78 is 5.29. The van der Waals surface area contributed by atoms with Gasteiger partial charge >= 0.3 is 0 Å². The lowest BCUT2D eigenvalue weighted by molar-refractivity contribution is 0.179. The Balaban J connectivity index is 2.20. The first kappa shape index (κ1) is 15.0. The van der Waals surface area contributed by atoms with E-state index in [-0.39, 0.29) is 12.0 Å². The van der Waals surface area contributed by atoms with Gasteiger partial charge in [-0.1, -0.05) is 13.8 Å². The molecule has 1 fully saturated rings. The number of nitrogens with zero attached hydrogens (tertiary/aromatic N) is 4. The zero-order valence-corrected chi connectivity index (χ0v) is 13.1. The largest absolute Gasteiger partial charge is 0.383 e. The fourth-order valence-electron chi connectivity index (χ4n) is 2.04. The molecular formula is C14H25N5O. The smallest absolute Gasteiger partial charge is 0.229 e. The van der Waals surface area contributed by atoms with Crippen LogP contribution in [0.2, 0.25) is 0 Å². The number of nitrogens with one attached hydrogen (secondary N) is 1. The molecule has 2 rings (SSSR count). The van der Waals surface area contributed by atoms with Crippen molar-refractivity contribution in [3.8, 4) is 0 Å². The highest BCUT2D eigenvalue weighted by Crippen LogP contribution is 2.34. The molecule has 0 radical (unpaired) electrons. The average Bonchev–Trinajstić information content (AvgIpc) is 3.22. The fourth-order valence-corrected chi connectivity index (χ4v) is 2.04. The summed E-state index contributed by atoms with van der Waals surface area (Å²) in [7, 11) is 5.61. The highest BCUT2D eigenvalue weighted by Gasteiger charge is 2.31. The summed E-state index contributed by atoms with van der Waals surface area (Å²) in [5.74, 6) is 3.12. The third-order valence-electron chi connectivity index (χ3n) is 3.41. The molecule has 1 aliphatic rings. The Kier molecular flexibility index (Phi) is 4.75. The summed E-state index contributed by atoms with van der Waals surface area (Å²) in [6.07, 6.45) is 2.51. The van der Waals surface area contributed by atoms with Crippen LogP contribution in [0, 0.1) is 5.92 Å². The first-order chi connectivity index (χ1) is 9.51. The summed E-state index contributed by atoms with van der Waals surface area (Å²) in [5, 5.41) is 3.42. The van der Waals surface area contributed by atoms with Crippen molar-refractivity contribution >= 4 is 11.9 Å². The van der Waals surface area contributed by atoms with Crippen molar-refractivity contribution in [1.29, 1.82) is 0 Å². The molecule has 0 spiro atoms. The molecule has 6 nitrogen and oxygen atoms in total. The van der Waals surface area contributed by atoms with Gasteiger partial charge < -0.3 is 15.0 Å². The number of ether oxygens (including phenoxy) is 1. The SMILES string of the molecule is COCC(Nc1nc(C(C)C)nc(N(C)C)n1)C1CC1. The quantitative estimate of drug-likeness (QED) is 0.822. The van der Waals surface area contributed by atoms with Crippen LogP contribution in [0.15, 0.2) is 0 Å². The van der Waals surface area contributed by atoms with E-state index >= 15 is 0 Å². The molecule has 1 aromatic heterocycles. The maximum Gasteiger partial charge on any atom is 0.229 e. The van der Waals surface area contributed by atoms with Crippen molar-refractivity contribution in [2.75, 3.05) is 38.0 Å². The molecule has 1 heterocycles. The Morgan fingerprint density at radius 1 is 1.25 bits per heavy atom. The van der Waals surface area contributed by atoms with Gasteiger partial charge in [-0.05, 0) is 18.8 Å². The lowest BCUT2D eigenvalue weighted by Gasteiger charge is -2.19. The van der Waals surface area contributed by atoms with Crippen molar-refractivity contribution in [3.05, 3.63) is 5.82 Å². The predicted octanol–water partition coefficient (Wildman–Crippen LogP) is 1.90. The Morgan fingerprint density at radius 2 is 1.95 bits per heavy atom. The Bertz CT molecular complexity index is 419. The standard InChI is InChI=1S/C14H25N5O/c1-9(2)12-16-13(18-14(17-12)19(3)4)15-11(8-20-5)10-6-7-10/h9-11H,6-8H2,1-5H3,(H,15,16,17,18). The Hall–Kier alpha value is -1.43. The summed E-state index contributed by atoms with van der Waals surface area (Å²) in [4.78, 5) is 15.4. The van der Waals surface area contributed by atoms with Crippen LogP contribution >= 0.6 is 0 Å². The van der Waals surface area contributed by atoms with Crippen LogP contribution in [0.25, 0.3) is 0 Å². The van der Waals surface area contributed by atoms with E-state index in [4.69, 9.17) is 4.74 Å². The second-order valence-corrected chi connectivity index (χ2v) is 5.91. The summed E-state index contributed by atoms with van der Waals surface area (Å²) in [5.41, 5.74) is 0. The average molecular weight is 279 g/mol. The zero-order chi connectivity index (χ0) is 14.7. The van der Waals surface area contributed by atoms with Crippen LogP contribution < -0.4 is 10.2 Å². The zero-order valence-electron chi connectivity index (χ0n) is 13.1. The van der Waals surface area contributed by atoms with E-state index in [9.17, 15) is 0 Å². The molecule has 1 N–H and O–H groups in total. The van der Waals surface area contributed by atoms with E-state index in [1.165, 1.54) is 12.8 Å². The van der Waals surface area contributed by atoms with Gasteiger partial charge in [0.2, 0.25) is 11.9 Å². The van der Waals surface area contributed by atoms with Crippen molar-refractivity contribution in [1.82, 2.24) is 15.0 Å². The Morgan fingerprint density at radius 3 is 2.45 bits per heavy atom. The normalized spacial score (nSPS) is 16.3. The number of rotatable bonds is 7. The lowest BCUT2D eigenvalue weighted by atomic mass is 10.2. The number of hydrogen-bond donors (Lipinski definition) is 1. The summed E-state index contributed by atoms with van der Waals surface area (Å²) in [6.45, 7) is 4.86. The predicted molar refractivity (Wildman–Crippen MR) is 80.3 cm³/mol.